The van der Waals surface area contributed by atoms with Crippen LogP contribution in [-0.2, 0) is 0 Å². The lowest BCUT2D eigenvalue weighted by Crippen LogP contribution is -2.00. The molecule has 1 aliphatic carbocycles. The lowest BCUT2D eigenvalue weighted by atomic mass is 10.0. The van der Waals surface area contributed by atoms with Crippen molar-refractivity contribution in [3.63, 3.8) is 0 Å². The molecule has 1 aliphatic rings. The fourth-order valence-corrected chi connectivity index (χ4v) is 8.58. The second-order valence-electron chi connectivity index (χ2n) is 13.2. The maximum atomic E-state index is 2.51. The zero-order chi connectivity index (χ0) is 32.8. The molecule has 0 bridgehead atoms. The summed E-state index contributed by atoms with van der Waals surface area (Å²) >= 11 is 0. The Bertz CT molecular complexity index is 3020. The number of aromatic nitrogens is 3. The normalized spacial score (nSPS) is 13.2. The number of hydrogen-bond acceptors (Lipinski definition) is 0. The monoisotopic (exact) mass is 637 g/mol. The molecule has 3 aromatic heterocycles. The van der Waals surface area contributed by atoms with Crippen LogP contribution in [-0.4, -0.2) is 13.7 Å². The van der Waals surface area contributed by atoms with Crippen LogP contribution in [0.4, 0.5) is 0 Å². The van der Waals surface area contributed by atoms with E-state index in [0.717, 1.165) is 23.5 Å². The molecule has 234 valence electrons. The highest BCUT2D eigenvalue weighted by atomic mass is 15.1. The summed E-state index contributed by atoms with van der Waals surface area (Å²) in [6, 6.07) is 57.7. The van der Waals surface area contributed by atoms with Gasteiger partial charge in [-0.15, -0.1) is 0 Å². The number of hydrogen-bond donors (Lipinski definition) is 0. The topological polar surface area (TPSA) is 14.8 Å². The van der Waals surface area contributed by atoms with Gasteiger partial charge in [0.25, 0.3) is 0 Å². The molecule has 0 saturated heterocycles. The Hall–Kier alpha value is -6.58. The standard InChI is InChI=1S/C47H31N3/c1-3-17-33(18-4-1)48-39-24-12-9-21-36(39)42-43-37-22-10-13-25-40(37)49(34-19-5-2-6-20-34)46(43)47-44(45(42)48)38-23-11-14-26-41(38)50(47)35-29-27-32(28-30-35)31-15-7-8-16-31/h1-7,9-30H,8H2. The van der Waals surface area contributed by atoms with Gasteiger partial charge < -0.3 is 13.7 Å². The van der Waals surface area contributed by atoms with Gasteiger partial charge in [-0.2, -0.15) is 0 Å². The Morgan fingerprint density at radius 2 is 0.780 bits per heavy atom. The van der Waals surface area contributed by atoms with Crippen molar-refractivity contribution in [1.29, 1.82) is 0 Å². The summed E-state index contributed by atoms with van der Waals surface area (Å²) in [6.07, 6.45) is 7.76. The predicted molar refractivity (Wildman–Crippen MR) is 211 cm³/mol. The molecule has 0 amide bonds. The van der Waals surface area contributed by atoms with Gasteiger partial charge in [0.2, 0.25) is 0 Å². The molecule has 50 heavy (non-hydrogen) atoms. The first-order valence-corrected chi connectivity index (χ1v) is 17.4. The Morgan fingerprint density at radius 3 is 1.30 bits per heavy atom. The third kappa shape index (κ3) is 3.69. The van der Waals surface area contributed by atoms with E-state index in [0.29, 0.717) is 0 Å². The first-order valence-electron chi connectivity index (χ1n) is 17.4. The van der Waals surface area contributed by atoms with E-state index in [1.165, 1.54) is 76.6 Å². The predicted octanol–water partition coefficient (Wildman–Crippen LogP) is 12.3. The van der Waals surface area contributed by atoms with Crippen LogP contribution in [0.5, 0.6) is 0 Å². The maximum Gasteiger partial charge on any atom is 0.0810 e. The molecule has 0 unspecified atom stereocenters. The van der Waals surface area contributed by atoms with Crippen molar-refractivity contribution in [3.05, 3.63) is 182 Å². The van der Waals surface area contributed by atoms with Crippen LogP contribution in [0.1, 0.15) is 12.0 Å². The van der Waals surface area contributed by atoms with Crippen LogP contribution >= 0.6 is 0 Å². The van der Waals surface area contributed by atoms with Gasteiger partial charge in [-0.1, -0.05) is 121 Å². The van der Waals surface area contributed by atoms with E-state index in [2.05, 4.69) is 190 Å². The minimum absolute atomic E-state index is 0.997. The third-order valence-electron chi connectivity index (χ3n) is 10.6. The van der Waals surface area contributed by atoms with Gasteiger partial charge in [0.1, 0.15) is 0 Å². The fourth-order valence-electron chi connectivity index (χ4n) is 8.58. The number of allylic oxidation sites excluding steroid dienone is 4. The molecule has 11 rings (SSSR count). The van der Waals surface area contributed by atoms with Crippen LogP contribution in [0.2, 0.25) is 0 Å². The minimum atomic E-state index is 0.997. The van der Waals surface area contributed by atoms with Crippen molar-refractivity contribution in [3.8, 4) is 17.1 Å². The summed E-state index contributed by atoms with van der Waals surface area (Å²) < 4.78 is 7.51. The Labute approximate surface area is 288 Å². The molecule has 0 atom stereocenters. The van der Waals surface area contributed by atoms with Crippen LogP contribution in [0, 0.1) is 0 Å². The van der Waals surface area contributed by atoms with Gasteiger partial charge in [-0.3, -0.25) is 0 Å². The van der Waals surface area contributed by atoms with Crippen LogP contribution in [0.3, 0.4) is 0 Å². The second kappa shape index (κ2) is 10.5. The molecule has 0 N–H and O–H groups in total. The van der Waals surface area contributed by atoms with Gasteiger partial charge in [0.15, 0.2) is 0 Å². The zero-order valence-corrected chi connectivity index (χ0v) is 27.3. The van der Waals surface area contributed by atoms with E-state index in [-0.39, 0.29) is 0 Å². The highest BCUT2D eigenvalue weighted by Gasteiger charge is 2.28. The SMILES string of the molecule is C1=CC(c2ccc(-n3c4ccccc4c4c5c(c6ccccc6n5-c5ccccc5)c5c6ccccc6n(-c6ccccc6)c5c43)cc2)=CC1. The molecule has 0 spiro atoms. The number of para-hydroxylation sites is 5. The number of rotatable bonds is 4. The van der Waals surface area contributed by atoms with Crippen molar-refractivity contribution in [2.45, 2.75) is 6.42 Å². The average Bonchev–Trinajstić information content (AvgIpc) is 3.97. The highest BCUT2D eigenvalue weighted by Crippen LogP contribution is 2.50. The summed E-state index contributed by atoms with van der Waals surface area (Å²) in [5.41, 5.74) is 13.3. The second-order valence-corrected chi connectivity index (χ2v) is 13.2. The van der Waals surface area contributed by atoms with Gasteiger partial charge in [-0.25, -0.2) is 0 Å². The number of nitrogens with zero attached hydrogens (tertiary/aromatic N) is 3. The Morgan fingerprint density at radius 1 is 0.360 bits per heavy atom. The van der Waals surface area contributed by atoms with Crippen LogP contribution in [0.15, 0.2) is 176 Å². The van der Waals surface area contributed by atoms with E-state index < -0.39 is 0 Å². The summed E-state index contributed by atoms with van der Waals surface area (Å²) in [7, 11) is 0. The Balaban J connectivity index is 1.45. The van der Waals surface area contributed by atoms with Crippen LogP contribution < -0.4 is 0 Å². The molecule has 7 aromatic carbocycles. The Kier molecular flexibility index (Phi) is 5.73. The number of fused-ring (bicyclic) bond motifs is 12. The van der Waals surface area contributed by atoms with Gasteiger partial charge in [-0.05, 0) is 72.2 Å². The van der Waals surface area contributed by atoms with Crippen molar-refractivity contribution in [1.82, 2.24) is 13.7 Å². The minimum Gasteiger partial charge on any atom is -0.309 e. The van der Waals surface area contributed by atoms with E-state index >= 15 is 0 Å². The lowest BCUT2D eigenvalue weighted by Gasteiger charge is -2.14. The fraction of sp³-hybridized carbons (Fsp3) is 0.0213. The molecule has 0 fully saturated rings. The summed E-state index contributed by atoms with van der Waals surface area (Å²) in [5, 5.41) is 7.57. The number of benzene rings is 7. The molecule has 3 heteroatoms. The average molecular weight is 638 g/mol. The van der Waals surface area contributed by atoms with E-state index in [4.69, 9.17) is 0 Å². The first kappa shape index (κ1) is 27.4. The molecular formula is C47H31N3. The van der Waals surface area contributed by atoms with Gasteiger partial charge in [0.05, 0.1) is 33.1 Å². The summed E-state index contributed by atoms with van der Waals surface area (Å²) in [4.78, 5) is 0. The van der Waals surface area contributed by atoms with Crippen molar-refractivity contribution in [2.24, 2.45) is 0 Å². The molecule has 0 saturated carbocycles. The summed E-state index contributed by atoms with van der Waals surface area (Å²) in [6.45, 7) is 0. The quantitative estimate of drug-likeness (QED) is 0.182. The molecule has 0 radical (unpaired) electrons. The smallest absolute Gasteiger partial charge is 0.0810 e. The maximum absolute atomic E-state index is 2.51. The largest absolute Gasteiger partial charge is 0.309 e. The lowest BCUT2D eigenvalue weighted by molar-refractivity contribution is 1.15. The third-order valence-corrected chi connectivity index (χ3v) is 10.6. The first-order chi connectivity index (χ1) is 24.9. The van der Waals surface area contributed by atoms with Crippen LogP contribution in [0.25, 0.3) is 88.1 Å². The van der Waals surface area contributed by atoms with E-state index in [1.54, 1.807) is 0 Å². The van der Waals surface area contributed by atoms with Gasteiger partial charge in [0, 0.05) is 49.4 Å². The molecule has 0 aliphatic heterocycles. The van der Waals surface area contributed by atoms with Crippen molar-refractivity contribution >= 4 is 71.0 Å². The van der Waals surface area contributed by atoms with E-state index in [9.17, 15) is 0 Å². The summed E-state index contributed by atoms with van der Waals surface area (Å²) in [5.74, 6) is 0. The molecule has 10 aromatic rings. The molecular weight excluding hydrogens is 607 g/mol. The highest BCUT2D eigenvalue weighted by molar-refractivity contribution is 6.40. The zero-order valence-electron chi connectivity index (χ0n) is 27.3. The van der Waals surface area contributed by atoms with Crippen molar-refractivity contribution < 1.29 is 0 Å². The van der Waals surface area contributed by atoms with Gasteiger partial charge >= 0.3 is 0 Å². The molecule has 3 heterocycles. The van der Waals surface area contributed by atoms with E-state index in [1.807, 2.05) is 0 Å². The molecule has 3 nitrogen and oxygen atoms in total. The van der Waals surface area contributed by atoms with Crippen molar-refractivity contribution in [2.75, 3.05) is 0 Å².